The van der Waals surface area contributed by atoms with Gasteiger partial charge in [-0.25, -0.2) is 0 Å². The molecule has 1 heterocycles. The Labute approximate surface area is 141 Å². The molecule has 1 fully saturated rings. The number of hydrogen-bond donors (Lipinski definition) is 2. The van der Waals surface area contributed by atoms with E-state index in [0.29, 0.717) is 6.54 Å². The first kappa shape index (κ1) is 21.2. The van der Waals surface area contributed by atoms with Gasteiger partial charge in [-0.2, -0.15) is 0 Å². The van der Waals surface area contributed by atoms with Gasteiger partial charge in [0.1, 0.15) is 0 Å². The molecule has 1 atom stereocenters. The van der Waals surface area contributed by atoms with Crippen LogP contribution in [0.3, 0.4) is 0 Å². The second kappa shape index (κ2) is 10.8. The molecule has 2 amide bonds. The van der Waals surface area contributed by atoms with Crippen molar-refractivity contribution in [3.8, 4) is 0 Å². The molecule has 0 radical (unpaired) electrons. The van der Waals surface area contributed by atoms with E-state index >= 15 is 0 Å². The van der Waals surface area contributed by atoms with Crippen LogP contribution < -0.4 is 10.6 Å². The Morgan fingerprint density at radius 2 is 1.73 bits per heavy atom. The molecule has 1 rings (SSSR count). The molecule has 2 N–H and O–H groups in total. The molecule has 6 heteroatoms. The van der Waals surface area contributed by atoms with Crippen molar-refractivity contribution in [3.05, 3.63) is 0 Å². The van der Waals surface area contributed by atoms with Crippen molar-refractivity contribution < 1.29 is 9.59 Å². The Bertz CT molecular complexity index is 340. The minimum Gasteiger partial charge on any atom is -0.353 e. The Kier molecular flexibility index (Phi) is 10.4. The third kappa shape index (κ3) is 6.13. The zero-order valence-corrected chi connectivity index (χ0v) is 15.2. The van der Waals surface area contributed by atoms with Crippen molar-refractivity contribution in [1.82, 2.24) is 15.5 Å². The predicted molar refractivity (Wildman–Crippen MR) is 92.2 cm³/mol. The highest BCUT2D eigenvalue weighted by Crippen LogP contribution is 2.17. The summed E-state index contributed by atoms with van der Waals surface area (Å²) in [6.07, 6.45) is 3.55. The fraction of sp³-hybridized carbons (Fsp3) is 0.875. The molecule has 1 aliphatic rings. The van der Waals surface area contributed by atoms with E-state index in [1.54, 1.807) is 0 Å². The standard InChI is InChI=1S/C16H31N3O2.ClH/c1-5-13(6-2)16(21)19-9-7-14(8-10-19)18-15(20)12(3)11-17-4;/h12-14,17H,5-11H2,1-4H3,(H,18,20);1H. The lowest BCUT2D eigenvalue weighted by molar-refractivity contribution is -0.137. The van der Waals surface area contributed by atoms with Gasteiger partial charge in [-0.15, -0.1) is 12.4 Å². The highest BCUT2D eigenvalue weighted by atomic mass is 35.5. The summed E-state index contributed by atoms with van der Waals surface area (Å²) in [7, 11) is 1.85. The Morgan fingerprint density at radius 1 is 1.18 bits per heavy atom. The normalized spacial score (nSPS) is 17.0. The number of carbonyl (C=O) groups excluding carboxylic acids is 2. The number of halogens is 1. The molecular weight excluding hydrogens is 302 g/mol. The molecule has 1 aliphatic heterocycles. The summed E-state index contributed by atoms with van der Waals surface area (Å²) in [5, 5.41) is 6.12. The predicted octanol–water partition coefficient (Wildman–Crippen LogP) is 1.81. The maximum absolute atomic E-state index is 12.3. The molecule has 5 nitrogen and oxygen atoms in total. The average Bonchev–Trinajstić information content (AvgIpc) is 2.49. The maximum Gasteiger partial charge on any atom is 0.225 e. The van der Waals surface area contributed by atoms with Crippen molar-refractivity contribution in [1.29, 1.82) is 0 Å². The van der Waals surface area contributed by atoms with Gasteiger partial charge < -0.3 is 15.5 Å². The van der Waals surface area contributed by atoms with Crippen LogP contribution in [0, 0.1) is 11.8 Å². The smallest absolute Gasteiger partial charge is 0.225 e. The van der Waals surface area contributed by atoms with Gasteiger partial charge in [0.2, 0.25) is 11.8 Å². The zero-order valence-electron chi connectivity index (χ0n) is 14.4. The number of hydrogen-bond acceptors (Lipinski definition) is 3. The lowest BCUT2D eigenvalue weighted by Crippen LogP contribution is -2.49. The van der Waals surface area contributed by atoms with Gasteiger partial charge in [0, 0.05) is 37.5 Å². The molecular formula is C16H32ClN3O2. The highest BCUT2D eigenvalue weighted by molar-refractivity contribution is 5.85. The number of nitrogens with zero attached hydrogens (tertiary/aromatic N) is 1. The zero-order chi connectivity index (χ0) is 15.8. The van der Waals surface area contributed by atoms with Crippen LogP contribution in [0.2, 0.25) is 0 Å². The number of likely N-dealkylation sites (tertiary alicyclic amines) is 1. The van der Waals surface area contributed by atoms with Gasteiger partial charge in [0.15, 0.2) is 0 Å². The van der Waals surface area contributed by atoms with Crippen LogP contribution in [0.5, 0.6) is 0 Å². The van der Waals surface area contributed by atoms with Gasteiger partial charge in [-0.05, 0) is 32.7 Å². The quantitative estimate of drug-likeness (QED) is 0.747. The van der Waals surface area contributed by atoms with Gasteiger partial charge in [0.25, 0.3) is 0 Å². The third-order valence-corrected chi connectivity index (χ3v) is 4.45. The second-order valence-electron chi connectivity index (χ2n) is 6.08. The van der Waals surface area contributed by atoms with E-state index in [0.717, 1.165) is 38.8 Å². The van der Waals surface area contributed by atoms with E-state index in [9.17, 15) is 9.59 Å². The molecule has 0 aliphatic carbocycles. The van der Waals surface area contributed by atoms with Crippen LogP contribution in [0.4, 0.5) is 0 Å². The fourth-order valence-corrected chi connectivity index (χ4v) is 2.88. The van der Waals surface area contributed by atoms with E-state index < -0.39 is 0 Å². The SMILES string of the molecule is CCC(CC)C(=O)N1CCC(NC(=O)C(C)CNC)CC1.Cl. The number of piperidine rings is 1. The lowest BCUT2D eigenvalue weighted by atomic mass is 9.98. The van der Waals surface area contributed by atoms with Crippen LogP contribution in [0.15, 0.2) is 0 Å². The molecule has 0 spiro atoms. The van der Waals surface area contributed by atoms with Gasteiger partial charge in [-0.1, -0.05) is 20.8 Å². The largest absolute Gasteiger partial charge is 0.353 e. The lowest BCUT2D eigenvalue weighted by Gasteiger charge is -2.34. The summed E-state index contributed by atoms with van der Waals surface area (Å²) in [5.74, 6) is 0.536. The van der Waals surface area contributed by atoms with Crippen LogP contribution in [0.25, 0.3) is 0 Å². The molecule has 22 heavy (non-hydrogen) atoms. The molecule has 0 saturated carbocycles. The van der Waals surface area contributed by atoms with E-state index in [4.69, 9.17) is 0 Å². The van der Waals surface area contributed by atoms with E-state index in [2.05, 4.69) is 24.5 Å². The number of rotatable bonds is 7. The number of carbonyl (C=O) groups is 2. The topological polar surface area (TPSA) is 61.4 Å². The van der Waals surface area contributed by atoms with Gasteiger partial charge >= 0.3 is 0 Å². The maximum atomic E-state index is 12.3. The van der Waals surface area contributed by atoms with Crippen LogP contribution in [0.1, 0.15) is 46.5 Å². The van der Waals surface area contributed by atoms with E-state index in [1.807, 2.05) is 18.9 Å². The first-order chi connectivity index (χ1) is 10.0. The van der Waals surface area contributed by atoms with Crippen LogP contribution in [-0.2, 0) is 9.59 Å². The molecule has 0 bridgehead atoms. The Morgan fingerprint density at radius 3 is 2.18 bits per heavy atom. The van der Waals surface area contributed by atoms with Crippen molar-refractivity contribution >= 4 is 24.2 Å². The fourth-order valence-electron chi connectivity index (χ4n) is 2.88. The van der Waals surface area contributed by atoms with Crippen molar-refractivity contribution in [3.63, 3.8) is 0 Å². The van der Waals surface area contributed by atoms with E-state index in [-0.39, 0.29) is 42.1 Å². The first-order valence-corrected chi connectivity index (χ1v) is 8.27. The summed E-state index contributed by atoms with van der Waals surface area (Å²) in [6, 6.07) is 0.211. The van der Waals surface area contributed by atoms with Crippen molar-refractivity contribution in [2.45, 2.75) is 52.5 Å². The minimum atomic E-state index is -0.0146. The molecule has 130 valence electrons. The summed E-state index contributed by atoms with van der Waals surface area (Å²) >= 11 is 0. The average molecular weight is 334 g/mol. The molecule has 0 aromatic heterocycles. The summed E-state index contributed by atoms with van der Waals surface area (Å²) in [6.45, 7) is 8.29. The monoisotopic (exact) mass is 333 g/mol. The minimum absolute atomic E-state index is 0. The van der Waals surface area contributed by atoms with Gasteiger partial charge in [0.05, 0.1) is 0 Å². The summed E-state index contributed by atoms with van der Waals surface area (Å²) < 4.78 is 0. The number of nitrogens with one attached hydrogen (secondary N) is 2. The van der Waals surface area contributed by atoms with Crippen LogP contribution in [-0.4, -0.2) is 49.4 Å². The van der Waals surface area contributed by atoms with Gasteiger partial charge in [-0.3, -0.25) is 9.59 Å². The summed E-state index contributed by atoms with van der Waals surface area (Å²) in [4.78, 5) is 26.3. The molecule has 0 aromatic rings. The first-order valence-electron chi connectivity index (χ1n) is 8.27. The summed E-state index contributed by atoms with van der Waals surface area (Å²) in [5.41, 5.74) is 0. The molecule has 1 unspecified atom stereocenters. The second-order valence-corrected chi connectivity index (χ2v) is 6.08. The highest BCUT2D eigenvalue weighted by Gasteiger charge is 2.27. The third-order valence-electron chi connectivity index (χ3n) is 4.45. The van der Waals surface area contributed by atoms with Crippen molar-refractivity contribution in [2.75, 3.05) is 26.7 Å². The van der Waals surface area contributed by atoms with E-state index in [1.165, 1.54) is 0 Å². The Hall–Kier alpha value is -0.810. The van der Waals surface area contributed by atoms with Crippen LogP contribution >= 0.6 is 12.4 Å². The van der Waals surface area contributed by atoms with Crippen molar-refractivity contribution in [2.24, 2.45) is 11.8 Å². The Balaban J connectivity index is 0.00000441. The molecule has 1 saturated heterocycles. The molecule has 0 aromatic carbocycles. The number of amides is 2.